The lowest BCUT2D eigenvalue weighted by Gasteiger charge is -2.32. The van der Waals surface area contributed by atoms with Crippen molar-refractivity contribution in [2.75, 3.05) is 6.26 Å². The fourth-order valence-electron chi connectivity index (χ4n) is 2.22. The van der Waals surface area contributed by atoms with Gasteiger partial charge < -0.3 is 4.43 Å². The zero-order valence-electron chi connectivity index (χ0n) is 15.6. The highest BCUT2D eigenvalue weighted by Crippen LogP contribution is 2.36. The smallest absolute Gasteiger partial charge is 0.205 e. The van der Waals surface area contributed by atoms with Crippen LogP contribution in [0.15, 0.2) is 18.3 Å². The first-order valence-electron chi connectivity index (χ1n) is 7.97. The van der Waals surface area contributed by atoms with Crippen molar-refractivity contribution in [2.45, 2.75) is 58.6 Å². The van der Waals surface area contributed by atoms with Crippen LogP contribution in [0.25, 0.3) is 0 Å². The second kappa shape index (κ2) is 7.88. The van der Waals surface area contributed by atoms with Crippen molar-refractivity contribution in [3.63, 3.8) is 0 Å². The summed E-state index contributed by atoms with van der Waals surface area (Å²) in [4.78, 5) is 16.4. The van der Waals surface area contributed by atoms with Gasteiger partial charge in [0.1, 0.15) is 15.5 Å². The van der Waals surface area contributed by atoms with Gasteiger partial charge >= 0.3 is 0 Å². The van der Waals surface area contributed by atoms with Gasteiger partial charge in [0, 0.05) is 18.9 Å². The quantitative estimate of drug-likeness (QED) is 0.543. The van der Waals surface area contributed by atoms with Gasteiger partial charge in [-0.1, -0.05) is 26.8 Å². The molecule has 0 bridgehead atoms. The van der Waals surface area contributed by atoms with Crippen LogP contribution in [-0.2, 0) is 14.3 Å². The van der Waals surface area contributed by atoms with Crippen LogP contribution in [-0.4, -0.2) is 39.7 Å². The van der Waals surface area contributed by atoms with Crippen molar-refractivity contribution < 1.29 is 17.6 Å². The summed E-state index contributed by atoms with van der Waals surface area (Å²) in [6.07, 6.45) is 2.66. The van der Waals surface area contributed by atoms with E-state index < -0.39 is 24.1 Å². The highest BCUT2D eigenvalue weighted by molar-refractivity contribution is 7.91. The monoisotopic (exact) mass is 370 g/mol. The molecule has 0 fully saturated rings. The maximum Gasteiger partial charge on any atom is 0.205 e. The number of hydrogen-bond acceptors (Lipinski definition) is 5. The van der Waals surface area contributed by atoms with E-state index in [-0.39, 0.29) is 23.7 Å². The van der Waals surface area contributed by atoms with Crippen LogP contribution in [0, 0.1) is 5.41 Å². The molecule has 1 aromatic rings. The lowest BCUT2D eigenvalue weighted by atomic mass is 9.85. The molecule has 0 saturated carbocycles. The van der Waals surface area contributed by atoms with Crippen LogP contribution in [0.5, 0.6) is 0 Å². The van der Waals surface area contributed by atoms with Crippen LogP contribution < -0.4 is 0 Å². The van der Waals surface area contributed by atoms with Gasteiger partial charge in [-0.3, -0.25) is 9.78 Å². The maximum atomic E-state index is 12.2. The molecule has 2 unspecified atom stereocenters. The predicted molar refractivity (Wildman–Crippen MR) is 98.3 cm³/mol. The molecule has 0 aliphatic heterocycles. The molecule has 0 aliphatic rings. The second-order valence-corrected chi connectivity index (χ2v) is 12.0. The van der Waals surface area contributed by atoms with E-state index in [2.05, 4.69) is 38.8 Å². The van der Waals surface area contributed by atoms with Gasteiger partial charge in [-0.05, 0) is 37.1 Å². The van der Waals surface area contributed by atoms with Gasteiger partial charge in [-0.2, -0.15) is 0 Å². The Labute approximate surface area is 147 Å². The summed E-state index contributed by atoms with van der Waals surface area (Å²) in [7, 11) is -4.11. The Morgan fingerprint density at radius 1 is 1.29 bits per heavy atom. The fourth-order valence-corrected chi connectivity index (χ4v) is 3.64. The molecule has 135 valence electrons. The van der Waals surface area contributed by atoms with E-state index in [4.69, 9.17) is 4.43 Å². The first-order chi connectivity index (χ1) is 10.8. The number of Topliss-reactive ketones (excluding diaryl/α,β-unsaturated/α-hetero) is 1. The summed E-state index contributed by atoms with van der Waals surface area (Å²) < 4.78 is 29.0. The molecular weight excluding hydrogens is 342 g/mol. The van der Waals surface area contributed by atoms with E-state index in [9.17, 15) is 13.2 Å². The van der Waals surface area contributed by atoms with E-state index in [1.807, 2.05) is 6.07 Å². The minimum absolute atomic E-state index is 0.0541. The van der Waals surface area contributed by atoms with Gasteiger partial charge in [0.05, 0.1) is 11.4 Å². The van der Waals surface area contributed by atoms with Crippen molar-refractivity contribution in [1.82, 2.24) is 4.98 Å². The van der Waals surface area contributed by atoms with E-state index in [1.54, 1.807) is 12.3 Å². The van der Waals surface area contributed by atoms with Crippen molar-refractivity contribution in [2.24, 2.45) is 5.41 Å². The molecule has 5 nitrogen and oxygen atoms in total. The molecule has 1 rings (SSSR count). The van der Waals surface area contributed by atoms with Crippen LogP contribution in [0.3, 0.4) is 0 Å². The minimum atomic E-state index is -3.23. The van der Waals surface area contributed by atoms with E-state index in [1.165, 1.54) is 6.92 Å². The molecule has 1 radical (unpaired) electrons. The molecule has 0 aromatic carbocycles. The number of rotatable bonds is 7. The normalized spacial score (nSPS) is 15.3. The molecule has 0 N–H and O–H groups in total. The van der Waals surface area contributed by atoms with E-state index in [0.717, 1.165) is 11.8 Å². The van der Waals surface area contributed by atoms with Crippen molar-refractivity contribution >= 4 is 24.7 Å². The van der Waals surface area contributed by atoms with Crippen LogP contribution in [0.2, 0.25) is 13.1 Å². The van der Waals surface area contributed by atoms with Gasteiger partial charge in [0.15, 0.2) is 5.78 Å². The molecule has 2 atom stereocenters. The zero-order chi connectivity index (χ0) is 18.7. The van der Waals surface area contributed by atoms with Crippen molar-refractivity contribution in [3.8, 4) is 0 Å². The summed E-state index contributed by atoms with van der Waals surface area (Å²) in [5, 5.41) is -0.706. The average molecular weight is 371 g/mol. The molecule has 0 amide bonds. The van der Waals surface area contributed by atoms with Crippen LogP contribution in [0.4, 0.5) is 0 Å². The summed E-state index contributed by atoms with van der Waals surface area (Å²) in [6, 6.07) is 3.51. The number of carbonyl (C=O) groups excluding carboxylic acids is 1. The maximum absolute atomic E-state index is 12.2. The first-order valence-corrected chi connectivity index (χ1v) is 12.3. The number of nitrogens with zero attached hydrogens (tertiary/aromatic N) is 1. The Morgan fingerprint density at radius 2 is 1.88 bits per heavy atom. The zero-order valence-corrected chi connectivity index (χ0v) is 17.4. The van der Waals surface area contributed by atoms with Gasteiger partial charge in [-0.15, -0.1) is 0 Å². The Morgan fingerprint density at radius 3 is 2.25 bits per heavy atom. The Kier molecular flexibility index (Phi) is 6.90. The Balaban J connectivity index is 2.97. The number of sulfone groups is 1. The minimum Gasteiger partial charge on any atom is -0.410 e. The third-order valence-corrected chi connectivity index (χ3v) is 6.05. The summed E-state index contributed by atoms with van der Waals surface area (Å²) in [5.41, 5.74) is 1.14. The largest absolute Gasteiger partial charge is 0.410 e. The molecule has 24 heavy (non-hydrogen) atoms. The number of hydrogen-bond donors (Lipinski definition) is 0. The van der Waals surface area contributed by atoms with Crippen molar-refractivity contribution in [3.05, 3.63) is 29.6 Å². The molecule has 1 heterocycles. The lowest BCUT2D eigenvalue weighted by Crippen LogP contribution is -2.26. The van der Waals surface area contributed by atoms with Gasteiger partial charge in [0.25, 0.3) is 0 Å². The fraction of sp³-hybridized carbons (Fsp3) is 0.647. The third kappa shape index (κ3) is 6.11. The average Bonchev–Trinajstić information content (AvgIpc) is 2.42. The summed E-state index contributed by atoms with van der Waals surface area (Å²) in [5.74, 6) is -0.261. The van der Waals surface area contributed by atoms with E-state index >= 15 is 0 Å². The van der Waals surface area contributed by atoms with Crippen LogP contribution >= 0.6 is 0 Å². The molecule has 0 aliphatic carbocycles. The molecule has 7 heteroatoms. The first kappa shape index (κ1) is 21.0. The molecule has 0 spiro atoms. The second-order valence-electron chi connectivity index (χ2n) is 7.52. The molecule has 0 saturated heterocycles. The number of pyridine rings is 1. The SMILES string of the molecule is CC(CC(=O)c1ccc(C(O[Si](C)C)C(C)(C)C)cn1)S(C)(=O)=O. The Bertz CT molecular complexity index is 663. The summed E-state index contributed by atoms with van der Waals surface area (Å²) >= 11 is 0. The van der Waals surface area contributed by atoms with Gasteiger partial charge in [0.2, 0.25) is 9.04 Å². The highest BCUT2D eigenvalue weighted by Gasteiger charge is 2.29. The van der Waals surface area contributed by atoms with Gasteiger partial charge in [-0.25, -0.2) is 8.42 Å². The van der Waals surface area contributed by atoms with E-state index in [0.29, 0.717) is 5.69 Å². The molecular formula is C17H28NO4SSi. The third-order valence-electron chi connectivity index (χ3n) is 3.72. The lowest BCUT2D eigenvalue weighted by molar-refractivity contribution is 0.0861. The standard InChI is InChI=1S/C17H28NO4SSi/c1-12(23(5,20)21)10-15(19)14-9-8-13(11-18-14)16(17(2,3)4)22-24(6)7/h8-9,11-12,16H,10H2,1-7H3. The number of aromatic nitrogens is 1. The number of ketones is 1. The molecule has 1 aromatic heterocycles. The predicted octanol–water partition coefficient (Wildman–Crippen LogP) is 3.44. The van der Waals surface area contributed by atoms with Crippen molar-refractivity contribution in [1.29, 1.82) is 0 Å². The number of carbonyl (C=O) groups is 1. The highest BCUT2D eigenvalue weighted by atomic mass is 32.2. The summed E-state index contributed by atoms with van der Waals surface area (Å²) in [6.45, 7) is 12.0. The topological polar surface area (TPSA) is 73.3 Å². The van der Waals surface area contributed by atoms with Crippen LogP contribution in [0.1, 0.15) is 56.3 Å². The Hall–Kier alpha value is -1.05.